The second kappa shape index (κ2) is 6.80. The van der Waals surface area contributed by atoms with Gasteiger partial charge in [0.2, 0.25) is 0 Å². The highest BCUT2D eigenvalue weighted by atomic mass is 16.5. The fourth-order valence-electron chi connectivity index (χ4n) is 2.53. The minimum atomic E-state index is 0.0644. The van der Waals surface area contributed by atoms with E-state index in [0.717, 1.165) is 18.7 Å². The summed E-state index contributed by atoms with van der Waals surface area (Å²) >= 11 is 0. The van der Waals surface area contributed by atoms with Gasteiger partial charge in [-0.15, -0.1) is 0 Å². The molecule has 1 aliphatic rings. The molecule has 2 rings (SSSR count). The van der Waals surface area contributed by atoms with Gasteiger partial charge in [0.15, 0.2) is 5.78 Å². The number of carbonyl (C=O) groups is 1. The molecule has 1 heterocycles. The molecule has 0 bridgehead atoms. The highest BCUT2D eigenvalue weighted by Crippen LogP contribution is 2.15. The van der Waals surface area contributed by atoms with E-state index < -0.39 is 0 Å². The van der Waals surface area contributed by atoms with Gasteiger partial charge in [-0.1, -0.05) is 30.3 Å². The minimum Gasteiger partial charge on any atom is -0.377 e. The zero-order valence-corrected chi connectivity index (χ0v) is 11.5. The first-order chi connectivity index (χ1) is 9.22. The van der Waals surface area contributed by atoms with E-state index in [4.69, 9.17) is 9.47 Å². The molecule has 1 aliphatic heterocycles. The van der Waals surface area contributed by atoms with E-state index in [1.807, 2.05) is 30.3 Å². The zero-order valence-electron chi connectivity index (χ0n) is 11.5. The maximum absolute atomic E-state index is 12.0. The minimum absolute atomic E-state index is 0.0644. The lowest BCUT2D eigenvalue weighted by Crippen LogP contribution is -2.29. The summed E-state index contributed by atoms with van der Waals surface area (Å²) in [5.41, 5.74) is 1.07. The Morgan fingerprint density at radius 1 is 1.16 bits per heavy atom. The summed E-state index contributed by atoms with van der Waals surface area (Å²) in [4.78, 5) is 14.1. The number of rotatable bonds is 6. The number of Topliss-reactive ketones (excluding diaryl/α,β-unsaturated/α-hetero) is 1. The summed E-state index contributed by atoms with van der Waals surface area (Å²) < 4.78 is 10.7. The number of likely N-dealkylation sites (tertiary alicyclic amines) is 1. The first-order valence-electron chi connectivity index (χ1n) is 6.56. The van der Waals surface area contributed by atoms with Gasteiger partial charge in [0.05, 0.1) is 18.8 Å². The first kappa shape index (κ1) is 14.2. The van der Waals surface area contributed by atoms with Crippen LogP contribution in [0.1, 0.15) is 5.56 Å². The third-order valence-electron chi connectivity index (χ3n) is 3.54. The Kier molecular flexibility index (Phi) is 5.07. The van der Waals surface area contributed by atoms with Crippen molar-refractivity contribution in [3.8, 4) is 0 Å². The standard InChI is InChI=1S/C15H21NO3/c1-18-14-10-16(11-15(14)19-2)9-13(17)8-12-6-4-3-5-7-12/h3-7,14-15H,8-11H2,1-2H3. The van der Waals surface area contributed by atoms with Crippen molar-refractivity contribution in [3.63, 3.8) is 0 Å². The van der Waals surface area contributed by atoms with Gasteiger partial charge in [-0.25, -0.2) is 0 Å². The fourth-order valence-corrected chi connectivity index (χ4v) is 2.53. The summed E-state index contributed by atoms with van der Waals surface area (Å²) in [6.45, 7) is 1.99. The number of hydrogen-bond acceptors (Lipinski definition) is 4. The largest absolute Gasteiger partial charge is 0.377 e. The van der Waals surface area contributed by atoms with E-state index in [0.29, 0.717) is 13.0 Å². The number of methoxy groups -OCH3 is 2. The molecule has 1 aromatic rings. The van der Waals surface area contributed by atoms with Crippen molar-refractivity contribution in [2.75, 3.05) is 33.9 Å². The van der Waals surface area contributed by atoms with E-state index in [1.165, 1.54) is 0 Å². The number of hydrogen-bond donors (Lipinski definition) is 0. The van der Waals surface area contributed by atoms with Gasteiger partial charge in [0.1, 0.15) is 0 Å². The molecule has 104 valence electrons. The van der Waals surface area contributed by atoms with Crippen LogP contribution in [-0.4, -0.2) is 56.7 Å². The molecular formula is C15H21NO3. The molecule has 1 aromatic carbocycles. The normalized spacial score (nSPS) is 23.7. The molecule has 0 saturated carbocycles. The lowest BCUT2D eigenvalue weighted by molar-refractivity contribution is -0.119. The van der Waals surface area contributed by atoms with Crippen LogP contribution in [0.4, 0.5) is 0 Å². The van der Waals surface area contributed by atoms with E-state index in [-0.39, 0.29) is 18.0 Å². The van der Waals surface area contributed by atoms with Gasteiger partial charge in [-0.3, -0.25) is 9.69 Å². The zero-order chi connectivity index (χ0) is 13.7. The van der Waals surface area contributed by atoms with Gasteiger partial charge >= 0.3 is 0 Å². The van der Waals surface area contributed by atoms with Crippen molar-refractivity contribution in [2.24, 2.45) is 0 Å². The average molecular weight is 263 g/mol. The molecule has 4 heteroatoms. The van der Waals surface area contributed by atoms with Crippen LogP contribution < -0.4 is 0 Å². The molecular weight excluding hydrogens is 242 g/mol. The van der Waals surface area contributed by atoms with Crippen LogP contribution in [0, 0.1) is 0 Å². The lowest BCUT2D eigenvalue weighted by atomic mass is 10.1. The van der Waals surface area contributed by atoms with Crippen molar-refractivity contribution in [3.05, 3.63) is 35.9 Å². The van der Waals surface area contributed by atoms with Crippen LogP contribution in [-0.2, 0) is 20.7 Å². The number of carbonyl (C=O) groups excluding carboxylic acids is 1. The molecule has 0 spiro atoms. The van der Waals surface area contributed by atoms with Crippen LogP contribution >= 0.6 is 0 Å². The van der Waals surface area contributed by atoms with Gasteiger partial charge in [0, 0.05) is 33.7 Å². The molecule has 0 aromatic heterocycles. The molecule has 0 aliphatic carbocycles. The predicted molar refractivity (Wildman–Crippen MR) is 73.2 cm³/mol. The van der Waals surface area contributed by atoms with E-state index in [2.05, 4.69) is 4.90 Å². The predicted octanol–water partition coefficient (Wildman–Crippen LogP) is 1.14. The first-order valence-corrected chi connectivity index (χ1v) is 6.56. The van der Waals surface area contributed by atoms with Gasteiger partial charge in [-0.05, 0) is 5.56 Å². The molecule has 0 N–H and O–H groups in total. The highest BCUT2D eigenvalue weighted by Gasteiger charge is 2.33. The Labute approximate surface area is 114 Å². The molecule has 0 radical (unpaired) electrons. The summed E-state index contributed by atoms with van der Waals surface area (Å²) in [6.07, 6.45) is 0.621. The third kappa shape index (κ3) is 3.86. The summed E-state index contributed by atoms with van der Waals surface area (Å²) in [5, 5.41) is 0. The van der Waals surface area contributed by atoms with Crippen LogP contribution in [0.15, 0.2) is 30.3 Å². The Balaban J connectivity index is 1.83. The smallest absolute Gasteiger partial charge is 0.151 e. The monoisotopic (exact) mass is 263 g/mol. The van der Waals surface area contributed by atoms with Gasteiger partial charge < -0.3 is 9.47 Å². The Bertz CT molecular complexity index is 395. The summed E-state index contributed by atoms with van der Waals surface area (Å²) in [5.74, 6) is 0.234. The summed E-state index contributed by atoms with van der Waals surface area (Å²) in [7, 11) is 3.37. The second-order valence-corrected chi connectivity index (χ2v) is 4.94. The Morgan fingerprint density at radius 2 is 1.74 bits per heavy atom. The average Bonchev–Trinajstić information content (AvgIpc) is 2.81. The van der Waals surface area contributed by atoms with Gasteiger partial charge in [-0.2, -0.15) is 0 Å². The summed E-state index contributed by atoms with van der Waals surface area (Å²) in [6, 6.07) is 9.84. The third-order valence-corrected chi connectivity index (χ3v) is 3.54. The fraction of sp³-hybridized carbons (Fsp3) is 0.533. The van der Waals surface area contributed by atoms with Crippen molar-refractivity contribution in [2.45, 2.75) is 18.6 Å². The Hall–Kier alpha value is -1.23. The molecule has 2 atom stereocenters. The number of benzene rings is 1. The van der Waals surface area contributed by atoms with Crippen molar-refractivity contribution < 1.29 is 14.3 Å². The highest BCUT2D eigenvalue weighted by molar-refractivity contribution is 5.82. The van der Waals surface area contributed by atoms with Crippen molar-refractivity contribution in [1.82, 2.24) is 4.90 Å². The van der Waals surface area contributed by atoms with Crippen molar-refractivity contribution in [1.29, 1.82) is 0 Å². The Morgan fingerprint density at radius 3 is 2.26 bits per heavy atom. The number of ether oxygens (including phenoxy) is 2. The second-order valence-electron chi connectivity index (χ2n) is 4.94. The molecule has 1 fully saturated rings. The van der Waals surface area contributed by atoms with Crippen LogP contribution in [0.2, 0.25) is 0 Å². The van der Waals surface area contributed by atoms with E-state index >= 15 is 0 Å². The molecule has 0 amide bonds. The SMILES string of the molecule is COC1CN(CC(=O)Cc2ccccc2)CC1OC. The maximum Gasteiger partial charge on any atom is 0.151 e. The van der Waals surface area contributed by atoms with Crippen LogP contribution in [0.25, 0.3) is 0 Å². The topological polar surface area (TPSA) is 38.8 Å². The molecule has 2 unspecified atom stereocenters. The molecule has 1 saturated heterocycles. The van der Waals surface area contributed by atoms with Gasteiger partial charge in [0.25, 0.3) is 0 Å². The number of nitrogens with zero attached hydrogens (tertiary/aromatic N) is 1. The molecule has 4 nitrogen and oxygen atoms in total. The van der Waals surface area contributed by atoms with Crippen LogP contribution in [0.3, 0.4) is 0 Å². The molecule has 19 heavy (non-hydrogen) atoms. The number of ketones is 1. The maximum atomic E-state index is 12.0. The lowest BCUT2D eigenvalue weighted by Gasteiger charge is -2.13. The quantitative estimate of drug-likeness (QED) is 0.771. The van der Waals surface area contributed by atoms with Crippen molar-refractivity contribution >= 4 is 5.78 Å². The van der Waals surface area contributed by atoms with E-state index in [1.54, 1.807) is 14.2 Å². The van der Waals surface area contributed by atoms with E-state index in [9.17, 15) is 4.79 Å². The van der Waals surface area contributed by atoms with Crippen LogP contribution in [0.5, 0.6) is 0 Å².